The Balaban J connectivity index is 1.78. The van der Waals surface area contributed by atoms with E-state index in [1.54, 1.807) is 10.6 Å². The first-order chi connectivity index (χ1) is 13.1. The first-order valence-corrected chi connectivity index (χ1v) is 8.22. The summed E-state index contributed by atoms with van der Waals surface area (Å²) < 4.78 is 1.78. The molecule has 1 amide bonds. The molecule has 27 heavy (non-hydrogen) atoms. The maximum atomic E-state index is 12.7. The van der Waals surface area contributed by atoms with Gasteiger partial charge in [0.25, 0.3) is 11.6 Å². The Morgan fingerprint density at radius 1 is 1.00 bits per heavy atom. The van der Waals surface area contributed by atoms with Crippen LogP contribution in [0.3, 0.4) is 0 Å². The minimum absolute atomic E-state index is 0.135. The van der Waals surface area contributed by atoms with E-state index in [9.17, 15) is 14.9 Å². The Bertz CT molecular complexity index is 1150. The zero-order chi connectivity index (χ0) is 18.8. The molecule has 4 aromatic rings. The normalized spacial score (nSPS) is 10.7. The van der Waals surface area contributed by atoms with Gasteiger partial charge in [0.05, 0.1) is 4.92 Å². The number of rotatable bonds is 4. The molecule has 0 radical (unpaired) electrons. The van der Waals surface area contributed by atoms with Crippen molar-refractivity contribution >= 4 is 23.1 Å². The number of aromatic nitrogens is 2. The van der Waals surface area contributed by atoms with E-state index in [4.69, 9.17) is 0 Å². The van der Waals surface area contributed by atoms with E-state index >= 15 is 0 Å². The van der Waals surface area contributed by atoms with Crippen molar-refractivity contribution in [3.63, 3.8) is 0 Å². The maximum absolute atomic E-state index is 12.7. The minimum atomic E-state index is -0.527. The predicted octanol–water partition coefficient (Wildman–Crippen LogP) is 4.16. The molecular formula is C20H14N4O3. The van der Waals surface area contributed by atoms with E-state index in [2.05, 4.69) is 10.3 Å². The van der Waals surface area contributed by atoms with Gasteiger partial charge in [0.15, 0.2) is 0 Å². The van der Waals surface area contributed by atoms with Gasteiger partial charge in [0, 0.05) is 29.5 Å². The third kappa shape index (κ3) is 3.13. The van der Waals surface area contributed by atoms with Crippen LogP contribution in [0.15, 0.2) is 79.0 Å². The van der Waals surface area contributed by atoms with Gasteiger partial charge in [-0.05, 0) is 18.2 Å². The van der Waals surface area contributed by atoms with Crippen molar-refractivity contribution in [1.29, 1.82) is 0 Å². The number of pyridine rings is 1. The van der Waals surface area contributed by atoms with Crippen LogP contribution in [-0.2, 0) is 0 Å². The molecule has 0 aliphatic heterocycles. The smallest absolute Gasteiger partial charge is 0.270 e. The fourth-order valence-electron chi connectivity index (χ4n) is 2.85. The number of nitrogens with one attached hydrogen (secondary N) is 1. The molecule has 7 nitrogen and oxygen atoms in total. The average molecular weight is 358 g/mol. The number of benzene rings is 2. The van der Waals surface area contributed by atoms with E-state index in [0.29, 0.717) is 17.2 Å². The molecule has 7 heteroatoms. The van der Waals surface area contributed by atoms with Crippen molar-refractivity contribution in [3.8, 4) is 11.3 Å². The third-order valence-electron chi connectivity index (χ3n) is 4.13. The molecule has 0 saturated carbocycles. The molecule has 2 aromatic heterocycles. The lowest BCUT2D eigenvalue weighted by molar-refractivity contribution is -0.384. The summed E-state index contributed by atoms with van der Waals surface area (Å²) in [6.45, 7) is 0. The molecule has 0 aliphatic carbocycles. The van der Waals surface area contributed by atoms with Gasteiger partial charge in [-0.2, -0.15) is 0 Å². The average Bonchev–Trinajstić information content (AvgIpc) is 3.07. The molecule has 0 bridgehead atoms. The molecule has 0 saturated heterocycles. The number of fused-ring (bicyclic) bond motifs is 1. The lowest BCUT2D eigenvalue weighted by atomic mass is 10.1. The van der Waals surface area contributed by atoms with Gasteiger partial charge in [-0.25, -0.2) is 4.98 Å². The quantitative estimate of drug-likeness (QED) is 0.438. The Morgan fingerprint density at radius 2 is 1.78 bits per heavy atom. The molecule has 0 spiro atoms. The lowest BCUT2D eigenvalue weighted by Crippen LogP contribution is -2.14. The maximum Gasteiger partial charge on any atom is 0.270 e. The highest BCUT2D eigenvalue weighted by molar-refractivity contribution is 6.06. The topological polar surface area (TPSA) is 89.5 Å². The van der Waals surface area contributed by atoms with E-state index in [1.165, 1.54) is 24.3 Å². The third-order valence-corrected chi connectivity index (χ3v) is 4.13. The van der Waals surface area contributed by atoms with Crippen LogP contribution in [0.2, 0.25) is 0 Å². The van der Waals surface area contributed by atoms with Gasteiger partial charge in [-0.1, -0.05) is 42.5 Å². The fraction of sp³-hybridized carbons (Fsp3) is 0. The molecule has 1 N–H and O–H groups in total. The number of carbonyl (C=O) groups excluding carboxylic acids is 1. The lowest BCUT2D eigenvalue weighted by Gasteiger charge is -2.08. The van der Waals surface area contributed by atoms with Gasteiger partial charge >= 0.3 is 0 Å². The standard InChI is InChI=1S/C20H14N4O3/c25-20(15-9-6-10-16(13-15)24(26)27)22-19-18(14-7-2-1-3-8-14)21-17-11-4-5-12-23(17)19/h1-13H,(H,22,25). The number of hydrogen-bond donors (Lipinski definition) is 1. The second-order valence-corrected chi connectivity index (χ2v) is 5.87. The van der Waals surface area contributed by atoms with Crippen LogP contribution in [0.5, 0.6) is 0 Å². The number of nitro benzene ring substituents is 1. The minimum Gasteiger partial charge on any atom is -0.306 e. The van der Waals surface area contributed by atoms with E-state index in [0.717, 1.165) is 5.56 Å². The molecule has 0 fully saturated rings. The molecule has 0 unspecified atom stereocenters. The zero-order valence-electron chi connectivity index (χ0n) is 14.1. The first kappa shape index (κ1) is 16.5. The second-order valence-electron chi connectivity index (χ2n) is 5.87. The van der Waals surface area contributed by atoms with E-state index in [-0.39, 0.29) is 11.3 Å². The van der Waals surface area contributed by atoms with Crippen molar-refractivity contribution in [2.24, 2.45) is 0 Å². The summed E-state index contributed by atoms with van der Waals surface area (Å²) in [6, 6.07) is 20.7. The molecule has 2 heterocycles. The highest BCUT2D eigenvalue weighted by Crippen LogP contribution is 2.29. The molecule has 2 aromatic carbocycles. The van der Waals surface area contributed by atoms with Gasteiger partial charge in [0.1, 0.15) is 17.2 Å². The van der Waals surface area contributed by atoms with Gasteiger partial charge in [-0.15, -0.1) is 0 Å². The molecule has 4 rings (SSSR count). The van der Waals surface area contributed by atoms with Crippen LogP contribution in [0.1, 0.15) is 10.4 Å². The van der Waals surface area contributed by atoms with Crippen molar-refractivity contribution < 1.29 is 9.72 Å². The van der Waals surface area contributed by atoms with Crippen LogP contribution >= 0.6 is 0 Å². The van der Waals surface area contributed by atoms with Crippen LogP contribution < -0.4 is 5.32 Å². The highest BCUT2D eigenvalue weighted by atomic mass is 16.6. The van der Waals surface area contributed by atoms with Crippen molar-refractivity contribution in [2.75, 3.05) is 5.32 Å². The van der Waals surface area contributed by atoms with Gasteiger partial charge < -0.3 is 5.32 Å². The zero-order valence-corrected chi connectivity index (χ0v) is 14.1. The van der Waals surface area contributed by atoms with Crippen molar-refractivity contribution in [2.45, 2.75) is 0 Å². The molecular weight excluding hydrogens is 344 g/mol. The fourth-order valence-corrected chi connectivity index (χ4v) is 2.85. The number of nitro groups is 1. The number of carbonyl (C=O) groups is 1. The summed E-state index contributed by atoms with van der Waals surface area (Å²) in [5, 5.41) is 13.8. The molecule has 0 atom stereocenters. The summed E-state index contributed by atoms with van der Waals surface area (Å²) in [5.74, 6) is 0.0647. The number of hydrogen-bond acceptors (Lipinski definition) is 4. The van der Waals surface area contributed by atoms with Gasteiger partial charge in [0.2, 0.25) is 0 Å². The summed E-state index contributed by atoms with van der Waals surface area (Å²) in [6.07, 6.45) is 1.80. The summed E-state index contributed by atoms with van der Waals surface area (Å²) in [7, 11) is 0. The predicted molar refractivity (Wildman–Crippen MR) is 102 cm³/mol. The molecule has 132 valence electrons. The monoisotopic (exact) mass is 358 g/mol. The van der Waals surface area contributed by atoms with Crippen LogP contribution in [0.25, 0.3) is 16.9 Å². The van der Waals surface area contributed by atoms with Crippen LogP contribution in [-0.4, -0.2) is 20.2 Å². The number of non-ortho nitro benzene ring substituents is 1. The number of nitrogens with zero attached hydrogens (tertiary/aromatic N) is 3. The van der Waals surface area contributed by atoms with Crippen LogP contribution in [0, 0.1) is 10.1 Å². The van der Waals surface area contributed by atoms with E-state index in [1.807, 2.05) is 48.5 Å². The summed E-state index contributed by atoms with van der Waals surface area (Å²) >= 11 is 0. The Morgan fingerprint density at radius 3 is 2.56 bits per heavy atom. The van der Waals surface area contributed by atoms with Crippen molar-refractivity contribution in [1.82, 2.24) is 9.38 Å². The Kier molecular flexibility index (Phi) is 4.10. The largest absolute Gasteiger partial charge is 0.306 e. The summed E-state index contributed by atoms with van der Waals surface area (Å²) in [5.41, 5.74) is 2.24. The number of anilines is 1. The Hall–Kier alpha value is -4.00. The van der Waals surface area contributed by atoms with Gasteiger partial charge in [-0.3, -0.25) is 19.3 Å². The second kappa shape index (κ2) is 6.72. The van der Waals surface area contributed by atoms with Crippen LogP contribution in [0.4, 0.5) is 11.5 Å². The van der Waals surface area contributed by atoms with E-state index < -0.39 is 10.8 Å². The Labute approximate surface area is 154 Å². The highest BCUT2D eigenvalue weighted by Gasteiger charge is 2.18. The summed E-state index contributed by atoms with van der Waals surface area (Å²) in [4.78, 5) is 27.8. The first-order valence-electron chi connectivity index (χ1n) is 8.22. The number of amides is 1. The SMILES string of the molecule is O=C(Nc1c(-c2ccccc2)nc2ccccn12)c1cccc([N+](=O)[O-])c1. The number of imidazole rings is 1. The molecule has 0 aliphatic rings. The van der Waals surface area contributed by atoms with Crippen molar-refractivity contribution in [3.05, 3.63) is 94.7 Å².